The van der Waals surface area contributed by atoms with Crippen LogP contribution in [-0.4, -0.2) is 17.7 Å². The zero-order valence-electron chi connectivity index (χ0n) is 16.0. The molecule has 0 saturated carbocycles. The number of carbonyl (C=O) groups is 1. The molecule has 9 heteroatoms. The SMILES string of the molecule is CCOC(=O)NSC(C)(C)c1cccc2nc(-c3ccc(C(F)(F)F)cc3)oc12. The Labute approximate surface area is 169 Å². The number of oxazole rings is 1. The van der Waals surface area contributed by atoms with Crippen LogP contribution in [0.1, 0.15) is 31.9 Å². The summed E-state index contributed by atoms with van der Waals surface area (Å²) in [6.07, 6.45) is -4.94. The molecule has 154 valence electrons. The van der Waals surface area contributed by atoms with E-state index in [1.165, 1.54) is 24.1 Å². The molecule has 29 heavy (non-hydrogen) atoms. The molecule has 3 aromatic rings. The average molecular weight is 424 g/mol. The second kappa shape index (κ2) is 7.98. The van der Waals surface area contributed by atoms with Gasteiger partial charge in [0.1, 0.15) is 5.52 Å². The Morgan fingerprint density at radius 3 is 2.48 bits per heavy atom. The highest BCUT2D eigenvalue weighted by molar-refractivity contribution is 7.98. The van der Waals surface area contributed by atoms with Crippen LogP contribution in [0, 0.1) is 0 Å². The monoisotopic (exact) mass is 424 g/mol. The fourth-order valence-electron chi connectivity index (χ4n) is 2.73. The van der Waals surface area contributed by atoms with Gasteiger partial charge in [-0.15, -0.1) is 0 Å². The number of amides is 1. The normalized spacial score (nSPS) is 12.2. The first kappa shape index (κ1) is 21.0. The van der Waals surface area contributed by atoms with Gasteiger partial charge in [0.25, 0.3) is 0 Å². The third-order valence-electron chi connectivity index (χ3n) is 4.19. The van der Waals surface area contributed by atoms with Gasteiger partial charge in [-0.3, -0.25) is 4.72 Å². The van der Waals surface area contributed by atoms with Crippen LogP contribution in [0.15, 0.2) is 46.9 Å². The minimum Gasteiger partial charge on any atom is -0.449 e. The lowest BCUT2D eigenvalue weighted by Gasteiger charge is -2.23. The van der Waals surface area contributed by atoms with Gasteiger partial charge in [0.15, 0.2) is 5.58 Å². The number of carbonyl (C=O) groups excluding carboxylic acids is 1. The van der Waals surface area contributed by atoms with Crippen molar-refractivity contribution in [1.29, 1.82) is 0 Å². The third-order valence-corrected chi connectivity index (χ3v) is 5.19. The van der Waals surface area contributed by atoms with Crippen LogP contribution in [0.3, 0.4) is 0 Å². The molecule has 0 radical (unpaired) electrons. The number of nitrogens with one attached hydrogen (secondary N) is 1. The molecule has 0 aliphatic heterocycles. The van der Waals surface area contributed by atoms with Gasteiger partial charge < -0.3 is 9.15 Å². The van der Waals surface area contributed by atoms with Crippen molar-refractivity contribution in [1.82, 2.24) is 9.71 Å². The second-order valence-electron chi connectivity index (χ2n) is 6.68. The van der Waals surface area contributed by atoms with E-state index in [1.54, 1.807) is 13.0 Å². The molecule has 2 aromatic carbocycles. The lowest BCUT2D eigenvalue weighted by Crippen LogP contribution is -2.24. The van der Waals surface area contributed by atoms with Crippen LogP contribution in [0.25, 0.3) is 22.6 Å². The van der Waals surface area contributed by atoms with Crippen LogP contribution in [0.4, 0.5) is 18.0 Å². The number of rotatable bonds is 5. The Morgan fingerprint density at radius 2 is 1.86 bits per heavy atom. The number of alkyl halides is 3. The maximum absolute atomic E-state index is 12.8. The molecule has 3 rings (SSSR count). The predicted molar refractivity (Wildman–Crippen MR) is 105 cm³/mol. The second-order valence-corrected chi connectivity index (χ2v) is 8.11. The summed E-state index contributed by atoms with van der Waals surface area (Å²) in [6, 6.07) is 10.1. The highest BCUT2D eigenvalue weighted by Gasteiger charge is 2.31. The summed E-state index contributed by atoms with van der Waals surface area (Å²) >= 11 is 1.17. The largest absolute Gasteiger partial charge is 0.449 e. The van der Waals surface area contributed by atoms with Gasteiger partial charge in [0.05, 0.1) is 16.9 Å². The van der Waals surface area contributed by atoms with E-state index >= 15 is 0 Å². The lowest BCUT2D eigenvalue weighted by atomic mass is 10.0. The van der Waals surface area contributed by atoms with Crippen molar-refractivity contribution in [2.45, 2.75) is 31.7 Å². The van der Waals surface area contributed by atoms with E-state index in [0.29, 0.717) is 16.7 Å². The summed E-state index contributed by atoms with van der Waals surface area (Å²) in [7, 11) is 0. The van der Waals surface area contributed by atoms with Crippen molar-refractivity contribution >= 4 is 29.1 Å². The molecule has 5 nitrogen and oxygen atoms in total. The highest BCUT2D eigenvalue weighted by Crippen LogP contribution is 2.39. The van der Waals surface area contributed by atoms with Crippen molar-refractivity contribution in [3.63, 3.8) is 0 Å². The van der Waals surface area contributed by atoms with E-state index in [2.05, 4.69) is 9.71 Å². The first-order valence-corrected chi connectivity index (χ1v) is 9.62. The smallest absolute Gasteiger partial charge is 0.417 e. The molecule has 1 aromatic heterocycles. The van der Waals surface area contributed by atoms with Gasteiger partial charge in [0.2, 0.25) is 5.89 Å². The molecule has 0 fully saturated rings. The fourth-order valence-corrected chi connectivity index (χ4v) is 3.40. The molecule has 0 atom stereocenters. The molecule has 0 aliphatic rings. The molecule has 1 amide bonds. The molecule has 1 heterocycles. The number of nitrogens with zero attached hydrogens (tertiary/aromatic N) is 1. The van der Waals surface area contributed by atoms with Crippen molar-refractivity contribution in [3.05, 3.63) is 53.6 Å². The number of fused-ring (bicyclic) bond motifs is 1. The minimum absolute atomic E-state index is 0.223. The zero-order chi connectivity index (χ0) is 21.2. The maximum Gasteiger partial charge on any atom is 0.417 e. The first-order valence-electron chi connectivity index (χ1n) is 8.80. The molecule has 0 spiro atoms. The minimum atomic E-state index is -4.40. The molecular weight excluding hydrogens is 405 g/mol. The Bertz CT molecular complexity index is 1010. The van der Waals surface area contributed by atoms with Crippen LogP contribution >= 0.6 is 11.9 Å². The van der Waals surface area contributed by atoms with Gasteiger partial charge in [-0.1, -0.05) is 12.1 Å². The quantitative estimate of drug-likeness (QED) is 0.498. The third kappa shape index (κ3) is 4.67. The van der Waals surface area contributed by atoms with Gasteiger partial charge in [-0.05, 0) is 63.1 Å². The van der Waals surface area contributed by atoms with Gasteiger partial charge in [-0.25, -0.2) is 9.78 Å². The van der Waals surface area contributed by atoms with Crippen molar-refractivity contribution < 1.29 is 27.1 Å². The van der Waals surface area contributed by atoms with E-state index in [0.717, 1.165) is 17.7 Å². The van der Waals surface area contributed by atoms with Crippen molar-refractivity contribution in [3.8, 4) is 11.5 Å². The lowest BCUT2D eigenvalue weighted by molar-refractivity contribution is -0.137. The average Bonchev–Trinajstić information content (AvgIpc) is 3.10. The van der Waals surface area contributed by atoms with Crippen LogP contribution in [-0.2, 0) is 15.7 Å². The predicted octanol–water partition coefficient (Wildman–Crippen LogP) is 6.14. The number of benzene rings is 2. The number of hydrogen-bond acceptors (Lipinski definition) is 5. The number of hydrogen-bond donors (Lipinski definition) is 1. The summed E-state index contributed by atoms with van der Waals surface area (Å²) in [6.45, 7) is 5.78. The van der Waals surface area contributed by atoms with Crippen LogP contribution < -0.4 is 4.72 Å². The fraction of sp³-hybridized carbons (Fsp3) is 0.300. The van der Waals surface area contributed by atoms with E-state index < -0.39 is 22.6 Å². The van der Waals surface area contributed by atoms with Crippen molar-refractivity contribution in [2.24, 2.45) is 0 Å². The Balaban J connectivity index is 1.92. The Hall–Kier alpha value is -2.68. The molecule has 0 bridgehead atoms. The number of ether oxygens (including phenoxy) is 1. The van der Waals surface area contributed by atoms with Crippen LogP contribution in [0.5, 0.6) is 0 Å². The van der Waals surface area contributed by atoms with Crippen molar-refractivity contribution in [2.75, 3.05) is 6.61 Å². The van der Waals surface area contributed by atoms with Gasteiger partial charge in [-0.2, -0.15) is 13.2 Å². The summed E-state index contributed by atoms with van der Waals surface area (Å²) in [5.41, 5.74) is 1.56. The highest BCUT2D eigenvalue weighted by atomic mass is 32.2. The number of para-hydroxylation sites is 1. The van der Waals surface area contributed by atoms with Gasteiger partial charge in [0, 0.05) is 11.1 Å². The molecule has 0 aliphatic carbocycles. The molecular formula is C20H19F3N2O3S. The van der Waals surface area contributed by atoms with E-state index in [4.69, 9.17) is 9.15 Å². The number of aromatic nitrogens is 1. The standard InChI is InChI=1S/C20H19F3N2O3S/c1-4-27-18(26)25-29-19(2,3)14-6-5-7-15-16(14)28-17(24-15)12-8-10-13(11-9-12)20(21,22)23/h5-11H,4H2,1-3H3,(H,25,26). The first-order chi connectivity index (χ1) is 13.6. The summed E-state index contributed by atoms with van der Waals surface area (Å²) < 4.78 is 51.1. The van der Waals surface area contributed by atoms with Gasteiger partial charge >= 0.3 is 12.3 Å². The zero-order valence-corrected chi connectivity index (χ0v) is 16.8. The molecule has 0 saturated heterocycles. The Morgan fingerprint density at radius 1 is 1.17 bits per heavy atom. The maximum atomic E-state index is 12.8. The molecule has 1 N–H and O–H groups in total. The topological polar surface area (TPSA) is 64.4 Å². The van der Waals surface area contributed by atoms with Crippen LogP contribution in [0.2, 0.25) is 0 Å². The van der Waals surface area contributed by atoms with E-state index in [-0.39, 0.29) is 12.5 Å². The van der Waals surface area contributed by atoms with E-state index in [9.17, 15) is 18.0 Å². The van der Waals surface area contributed by atoms with E-state index in [1.807, 2.05) is 26.0 Å². The summed E-state index contributed by atoms with van der Waals surface area (Å²) in [4.78, 5) is 16.0. The molecule has 0 unspecified atom stereocenters. The number of halogens is 3. The summed E-state index contributed by atoms with van der Waals surface area (Å²) in [5.74, 6) is 0.223. The Kier molecular flexibility index (Phi) is 5.79. The summed E-state index contributed by atoms with van der Waals surface area (Å²) in [5, 5.41) is 0.